The third-order valence-electron chi connectivity index (χ3n) is 3.01. The number of esters is 1. The Kier molecular flexibility index (Phi) is 4.88. The number of carbonyl (C=O) groups is 2. The first kappa shape index (κ1) is 17.9. The Labute approximate surface area is 138 Å². The molecule has 1 N–H and O–H groups in total. The van der Waals surface area contributed by atoms with Gasteiger partial charge in [0.05, 0.1) is 24.1 Å². The van der Waals surface area contributed by atoms with E-state index in [9.17, 15) is 22.8 Å². The zero-order chi connectivity index (χ0) is 18.1. The standard InChI is InChI=1S/C14H12F3N3O3S/c1-6-8(4-5-9(18-6)14(15,16)17)11(21)20-13-19-7(2)10(24-13)12(22)23-3/h4-5H,1-3H3,(H,19,20,21). The second kappa shape index (κ2) is 6.56. The summed E-state index contributed by atoms with van der Waals surface area (Å²) in [5.74, 6) is -1.25. The number of anilines is 1. The van der Waals surface area contributed by atoms with Crippen molar-refractivity contribution < 1.29 is 27.5 Å². The van der Waals surface area contributed by atoms with Crippen molar-refractivity contribution in [3.05, 3.63) is 39.7 Å². The lowest BCUT2D eigenvalue weighted by Gasteiger charge is -2.09. The molecule has 0 bridgehead atoms. The number of thiazole rings is 1. The normalized spacial score (nSPS) is 11.2. The van der Waals surface area contributed by atoms with E-state index in [0.717, 1.165) is 23.5 Å². The maximum atomic E-state index is 12.6. The molecule has 1 amide bonds. The molecule has 2 aromatic heterocycles. The summed E-state index contributed by atoms with van der Waals surface area (Å²) in [4.78, 5) is 31.3. The maximum absolute atomic E-state index is 12.6. The minimum absolute atomic E-state index is 0.0181. The molecule has 0 saturated heterocycles. The smallest absolute Gasteiger partial charge is 0.433 e. The lowest BCUT2D eigenvalue weighted by molar-refractivity contribution is -0.141. The number of pyridine rings is 1. The predicted octanol–water partition coefficient (Wildman–Crippen LogP) is 3.21. The number of amides is 1. The number of hydrogen-bond acceptors (Lipinski definition) is 6. The van der Waals surface area contributed by atoms with Crippen LogP contribution in [0.5, 0.6) is 0 Å². The largest absolute Gasteiger partial charge is 0.465 e. The summed E-state index contributed by atoms with van der Waals surface area (Å²) in [6, 6.07) is 1.77. The van der Waals surface area contributed by atoms with Crippen LogP contribution in [-0.2, 0) is 10.9 Å². The summed E-state index contributed by atoms with van der Waals surface area (Å²) in [5.41, 5.74) is -0.779. The molecule has 0 unspecified atom stereocenters. The van der Waals surface area contributed by atoms with Crippen LogP contribution in [0.3, 0.4) is 0 Å². The van der Waals surface area contributed by atoms with Gasteiger partial charge < -0.3 is 4.74 Å². The van der Waals surface area contributed by atoms with E-state index in [1.165, 1.54) is 14.0 Å². The zero-order valence-corrected chi connectivity index (χ0v) is 13.6. The number of hydrogen-bond donors (Lipinski definition) is 1. The monoisotopic (exact) mass is 359 g/mol. The van der Waals surface area contributed by atoms with E-state index in [1.54, 1.807) is 6.92 Å². The van der Waals surface area contributed by atoms with E-state index in [-0.39, 0.29) is 21.3 Å². The molecular weight excluding hydrogens is 347 g/mol. The fourth-order valence-corrected chi connectivity index (χ4v) is 2.74. The van der Waals surface area contributed by atoms with Gasteiger partial charge in [-0.05, 0) is 26.0 Å². The number of rotatable bonds is 3. The highest BCUT2D eigenvalue weighted by atomic mass is 32.1. The minimum Gasteiger partial charge on any atom is -0.465 e. The van der Waals surface area contributed by atoms with Crippen molar-refractivity contribution in [1.29, 1.82) is 0 Å². The highest BCUT2D eigenvalue weighted by Crippen LogP contribution is 2.28. The topological polar surface area (TPSA) is 81.2 Å². The highest BCUT2D eigenvalue weighted by Gasteiger charge is 2.33. The molecule has 0 aliphatic carbocycles. The number of halogens is 3. The second-order valence-electron chi connectivity index (χ2n) is 4.71. The Morgan fingerprint density at radius 1 is 1.17 bits per heavy atom. The molecule has 0 fully saturated rings. The van der Waals surface area contributed by atoms with Crippen LogP contribution in [0.2, 0.25) is 0 Å². The lowest BCUT2D eigenvalue weighted by Crippen LogP contribution is -2.16. The van der Waals surface area contributed by atoms with E-state index in [0.29, 0.717) is 5.69 Å². The van der Waals surface area contributed by atoms with Crippen LogP contribution < -0.4 is 5.32 Å². The summed E-state index contributed by atoms with van der Waals surface area (Å²) in [6.07, 6.45) is -4.58. The van der Waals surface area contributed by atoms with Gasteiger partial charge in [0, 0.05) is 0 Å². The molecule has 24 heavy (non-hydrogen) atoms. The van der Waals surface area contributed by atoms with Crippen LogP contribution in [0.4, 0.5) is 18.3 Å². The number of ether oxygens (including phenoxy) is 1. The molecule has 0 aromatic carbocycles. The number of aryl methyl sites for hydroxylation is 2. The Morgan fingerprint density at radius 2 is 1.83 bits per heavy atom. The molecule has 2 aromatic rings. The number of methoxy groups -OCH3 is 1. The second-order valence-corrected chi connectivity index (χ2v) is 5.71. The zero-order valence-electron chi connectivity index (χ0n) is 12.8. The van der Waals surface area contributed by atoms with Crippen LogP contribution in [-0.4, -0.2) is 29.0 Å². The van der Waals surface area contributed by atoms with E-state index >= 15 is 0 Å². The van der Waals surface area contributed by atoms with Crippen LogP contribution >= 0.6 is 11.3 Å². The van der Waals surface area contributed by atoms with Crippen molar-refractivity contribution >= 4 is 28.3 Å². The van der Waals surface area contributed by atoms with Gasteiger partial charge in [0.2, 0.25) is 0 Å². The third kappa shape index (κ3) is 3.70. The molecule has 6 nitrogen and oxygen atoms in total. The average Bonchev–Trinajstić information content (AvgIpc) is 2.85. The number of carbonyl (C=O) groups excluding carboxylic acids is 2. The molecule has 0 saturated carbocycles. The molecule has 0 radical (unpaired) electrons. The highest BCUT2D eigenvalue weighted by molar-refractivity contribution is 7.17. The van der Waals surface area contributed by atoms with Gasteiger partial charge in [-0.1, -0.05) is 11.3 Å². The van der Waals surface area contributed by atoms with Crippen LogP contribution in [0.1, 0.15) is 37.1 Å². The lowest BCUT2D eigenvalue weighted by atomic mass is 10.1. The van der Waals surface area contributed by atoms with Crippen molar-refractivity contribution in [1.82, 2.24) is 9.97 Å². The van der Waals surface area contributed by atoms with Gasteiger partial charge in [-0.2, -0.15) is 13.2 Å². The Hall–Kier alpha value is -2.49. The molecule has 0 aliphatic heterocycles. The van der Waals surface area contributed by atoms with Crippen molar-refractivity contribution in [3.63, 3.8) is 0 Å². The van der Waals surface area contributed by atoms with Crippen molar-refractivity contribution in [2.45, 2.75) is 20.0 Å². The Morgan fingerprint density at radius 3 is 2.38 bits per heavy atom. The first-order valence-electron chi connectivity index (χ1n) is 6.55. The summed E-state index contributed by atoms with van der Waals surface area (Å²) < 4.78 is 42.4. The van der Waals surface area contributed by atoms with Crippen LogP contribution in [0.25, 0.3) is 0 Å². The van der Waals surface area contributed by atoms with Gasteiger partial charge in [0.25, 0.3) is 5.91 Å². The maximum Gasteiger partial charge on any atom is 0.433 e. The van der Waals surface area contributed by atoms with Gasteiger partial charge in [-0.25, -0.2) is 14.8 Å². The Balaban J connectivity index is 2.23. The molecule has 2 rings (SSSR count). The van der Waals surface area contributed by atoms with Gasteiger partial charge in [-0.3, -0.25) is 10.1 Å². The number of nitrogens with zero attached hydrogens (tertiary/aromatic N) is 2. The first-order chi connectivity index (χ1) is 11.1. The summed E-state index contributed by atoms with van der Waals surface area (Å²) in [5, 5.41) is 2.57. The fraction of sp³-hybridized carbons (Fsp3) is 0.286. The van der Waals surface area contributed by atoms with Crippen molar-refractivity contribution in [3.8, 4) is 0 Å². The van der Waals surface area contributed by atoms with Crippen molar-refractivity contribution in [2.75, 3.05) is 12.4 Å². The predicted molar refractivity (Wildman–Crippen MR) is 80.1 cm³/mol. The number of aromatic nitrogens is 2. The van der Waals surface area contributed by atoms with E-state index in [1.807, 2.05) is 0 Å². The van der Waals surface area contributed by atoms with Crippen molar-refractivity contribution in [2.24, 2.45) is 0 Å². The van der Waals surface area contributed by atoms with E-state index in [4.69, 9.17) is 0 Å². The minimum atomic E-state index is -4.58. The SMILES string of the molecule is COC(=O)c1sc(NC(=O)c2ccc(C(F)(F)F)nc2C)nc1C. The molecule has 2 heterocycles. The van der Waals surface area contributed by atoms with Crippen LogP contribution in [0, 0.1) is 13.8 Å². The number of nitrogens with one attached hydrogen (secondary N) is 1. The van der Waals surface area contributed by atoms with E-state index in [2.05, 4.69) is 20.0 Å². The van der Waals surface area contributed by atoms with E-state index < -0.39 is 23.7 Å². The summed E-state index contributed by atoms with van der Waals surface area (Å²) >= 11 is 0.910. The molecule has 128 valence electrons. The van der Waals surface area contributed by atoms with Crippen LogP contribution in [0.15, 0.2) is 12.1 Å². The molecule has 0 spiro atoms. The van der Waals surface area contributed by atoms with Gasteiger partial charge >= 0.3 is 12.1 Å². The quantitative estimate of drug-likeness (QED) is 0.851. The fourth-order valence-electron chi connectivity index (χ4n) is 1.86. The van der Waals surface area contributed by atoms with Gasteiger partial charge in [0.1, 0.15) is 10.6 Å². The molecular formula is C14H12F3N3O3S. The third-order valence-corrected chi connectivity index (χ3v) is 4.06. The van der Waals surface area contributed by atoms with Gasteiger partial charge in [0.15, 0.2) is 5.13 Å². The van der Waals surface area contributed by atoms with Gasteiger partial charge in [-0.15, -0.1) is 0 Å². The molecule has 10 heteroatoms. The summed E-state index contributed by atoms with van der Waals surface area (Å²) in [7, 11) is 1.22. The average molecular weight is 359 g/mol. The number of alkyl halides is 3. The molecule has 0 atom stereocenters. The first-order valence-corrected chi connectivity index (χ1v) is 7.37. The molecule has 0 aliphatic rings. The Bertz CT molecular complexity index is 802. The summed E-state index contributed by atoms with van der Waals surface area (Å²) in [6.45, 7) is 2.88.